The fraction of sp³-hybridized carbons (Fsp3) is 0.235. The number of carbonyl (C=O) groups excluding carboxylic acids is 1. The van der Waals surface area contributed by atoms with Crippen molar-refractivity contribution in [1.82, 2.24) is 0 Å². The van der Waals surface area contributed by atoms with Crippen molar-refractivity contribution in [1.29, 1.82) is 0 Å². The molecule has 21 heavy (non-hydrogen) atoms. The van der Waals surface area contributed by atoms with Crippen molar-refractivity contribution in [3.63, 3.8) is 0 Å². The van der Waals surface area contributed by atoms with Crippen molar-refractivity contribution < 1.29 is 9.53 Å². The molecule has 0 aliphatic carbocycles. The summed E-state index contributed by atoms with van der Waals surface area (Å²) in [4.78, 5) is 11.9. The molecular weight excluding hydrogens is 348 g/mol. The first-order valence-electron chi connectivity index (χ1n) is 6.75. The molecule has 110 valence electrons. The Labute approximate surface area is 138 Å². The maximum absolute atomic E-state index is 11.9. The topological polar surface area (TPSA) is 26.3 Å². The molecule has 0 spiro atoms. The number of esters is 1. The van der Waals surface area contributed by atoms with Gasteiger partial charge < -0.3 is 4.74 Å². The first kappa shape index (κ1) is 16.1. The van der Waals surface area contributed by atoms with E-state index >= 15 is 0 Å². The van der Waals surface area contributed by atoms with Gasteiger partial charge in [0.15, 0.2) is 0 Å². The normalized spacial score (nSPS) is 11.9. The lowest BCUT2D eigenvalue weighted by Crippen LogP contribution is -2.13. The molecule has 0 N–H and O–H groups in total. The van der Waals surface area contributed by atoms with Crippen LogP contribution in [0.2, 0.25) is 0 Å². The molecule has 0 aromatic heterocycles. The van der Waals surface area contributed by atoms with Crippen molar-refractivity contribution in [3.05, 3.63) is 64.6 Å². The maximum atomic E-state index is 11.9. The van der Waals surface area contributed by atoms with E-state index in [-0.39, 0.29) is 11.2 Å². The zero-order chi connectivity index (χ0) is 15.1. The van der Waals surface area contributed by atoms with Crippen molar-refractivity contribution in [2.75, 3.05) is 0 Å². The lowest BCUT2D eigenvalue weighted by atomic mass is 10.2. The Balaban J connectivity index is 1.75. The molecule has 0 aliphatic rings. The summed E-state index contributed by atoms with van der Waals surface area (Å²) in [5.41, 5.74) is 1.27. The Morgan fingerprint density at radius 3 is 2.48 bits per heavy atom. The second kappa shape index (κ2) is 8.25. The van der Waals surface area contributed by atoms with Crippen LogP contribution in [-0.4, -0.2) is 11.2 Å². The highest BCUT2D eigenvalue weighted by molar-refractivity contribution is 9.10. The van der Waals surface area contributed by atoms with Gasteiger partial charge in [0, 0.05) is 15.5 Å². The van der Waals surface area contributed by atoms with E-state index < -0.39 is 0 Å². The summed E-state index contributed by atoms with van der Waals surface area (Å²) in [6, 6.07) is 17.5. The minimum Gasteiger partial charge on any atom is -0.426 e. The van der Waals surface area contributed by atoms with E-state index in [1.54, 1.807) is 23.9 Å². The lowest BCUT2D eigenvalue weighted by Gasteiger charge is -2.11. The van der Waals surface area contributed by atoms with Crippen LogP contribution in [0.25, 0.3) is 0 Å². The third-order valence-electron chi connectivity index (χ3n) is 2.88. The van der Waals surface area contributed by atoms with E-state index in [0.29, 0.717) is 12.2 Å². The Hall–Kier alpha value is -1.26. The standard InChI is InChI=1S/C17H17BrO2S/c1-13(21-12-14-5-3-2-4-6-14)11-17(19)20-16-9-7-15(18)8-10-16/h2-10,13H,11-12H2,1H3/t13-/m0/s1. The van der Waals surface area contributed by atoms with Crippen LogP contribution in [0.5, 0.6) is 5.75 Å². The third kappa shape index (κ3) is 5.94. The summed E-state index contributed by atoms with van der Waals surface area (Å²) in [5.74, 6) is 1.31. The van der Waals surface area contributed by atoms with Crippen molar-refractivity contribution in [2.45, 2.75) is 24.3 Å². The summed E-state index contributed by atoms with van der Waals surface area (Å²) in [6.07, 6.45) is 0.410. The average molecular weight is 365 g/mol. The highest BCUT2D eigenvalue weighted by Crippen LogP contribution is 2.21. The summed E-state index contributed by atoms with van der Waals surface area (Å²) in [6.45, 7) is 2.05. The molecule has 2 aromatic rings. The van der Waals surface area contributed by atoms with Crippen LogP contribution >= 0.6 is 27.7 Å². The highest BCUT2D eigenvalue weighted by atomic mass is 79.9. The van der Waals surface area contributed by atoms with Gasteiger partial charge in [0.1, 0.15) is 5.75 Å². The molecule has 0 amide bonds. The van der Waals surface area contributed by atoms with E-state index in [1.807, 2.05) is 30.3 Å². The SMILES string of the molecule is C[C@@H](CC(=O)Oc1ccc(Br)cc1)SCc1ccccc1. The van der Waals surface area contributed by atoms with Crippen molar-refractivity contribution >= 4 is 33.7 Å². The van der Waals surface area contributed by atoms with E-state index in [1.165, 1.54) is 5.56 Å². The molecule has 2 rings (SSSR count). The minimum atomic E-state index is -0.189. The lowest BCUT2D eigenvalue weighted by molar-refractivity contribution is -0.134. The molecule has 0 fully saturated rings. The number of ether oxygens (including phenoxy) is 1. The first-order valence-corrected chi connectivity index (χ1v) is 8.59. The number of thioether (sulfide) groups is 1. The molecule has 2 nitrogen and oxygen atoms in total. The molecule has 4 heteroatoms. The van der Waals surface area contributed by atoms with E-state index in [0.717, 1.165) is 10.2 Å². The quantitative estimate of drug-likeness (QED) is 0.528. The van der Waals surface area contributed by atoms with Gasteiger partial charge in [-0.25, -0.2) is 0 Å². The van der Waals surface area contributed by atoms with E-state index in [9.17, 15) is 4.79 Å². The molecule has 0 saturated carbocycles. The number of hydrogen-bond donors (Lipinski definition) is 0. The van der Waals surface area contributed by atoms with Gasteiger partial charge in [-0.1, -0.05) is 53.2 Å². The van der Waals surface area contributed by atoms with Gasteiger partial charge in [-0.3, -0.25) is 4.79 Å². The van der Waals surface area contributed by atoms with E-state index in [2.05, 4.69) is 35.0 Å². The molecule has 0 unspecified atom stereocenters. The van der Waals surface area contributed by atoms with Gasteiger partial charge in [0.2, 0.25) is 0 Å². The molecule has 1 atom stereocenters. The fourth-order valence-electron chi connectivity index (χ4n) is 1.78. The minimum absolute atomic E-state index is 0.189. The Morgan fingerprint density at radius 1 is 1.14 bits per heavy atom. The van der Waals surface area contributed by atoms with Gasteiger partial charge in [-0.2, -0.15) is 11.8 Å². The fourth-order valence-corrected chi connectivity index (χ4v) is 2.97. The predicted molar refractivity (Wildman–Crippen MR) is 91.6 cm³/mol. The zero-order valence-corrected chi connectivity index (χ0v) is 14.2. The van der Waals surface area contributed by atoms with Crippen LogP contribution in [-0.2, 0) is 10.5 Å². The van der Waals surface area contributed by atoms with E-state index in [4.69, 9.17) is 4.74 Å². The molecular formula is C17H17BrO2S. The number of rotatable bonds is 6. The van der Waals surface area contributed by atoms with Gasteiger partial charge >= 0.3 is 5.97 Å². The maximum Gasteiger partial charge on any atom is 0.312 e. The molecule has 0 aliphatic heterocycles. The Morgan fingerprint density at radius 2 is 1.81 bits per heavy atom. The Bertz CT molecular complexity index is 569. The molecule has 2 aromatic carbocycles. The monoisotopic (exact) mass is 364 g/mol. The van der Waals surface area contributed by atoms with Crippen LogP contribution in [0.4, 0.5) is 0 Å². The number of hydrogen-bond acceptors (Lipinski definition) is 3. The van der Waals surface area contributed by atoms with Crippen molar-refractivity contribution in [3.8, 4) is 5.75 Å². The molecule has 0 radical (unpaired) electrons. The van der Waals surface area contributed by atoms with Gasteiger partial charge in [-0.15, -0.1) is 0 Å². The predicted octanol–water partition coefficient (Wildman–Crippen LogP) is 5.07. The average Bonchev–Trinajstić information content (AvgIpc) is 2.48. The third-order valence-corrected chi connectivity index (χ3v) is 4.64. The first-order chi connectivity index (χ1) is 10.1. The second-order valence-electron chi connectivity index (χ2n) is 4.74. The highest BCUT2D eigenvalue weighted by Gasteiger charge is 2.12. The van der Waals surface area contributed by atoms with Crippen molar-refractivity contribution in [2.24, 2.45) is 0 Å². The number of halogens is 1. The summed E-state index contributed by atoms with van der Waals surface area (Å²) in [5, 5.41) is 0.230. The van der Waals surface area contributed by atoms with Gasteiger partial charge in [-0.05, 0) is 29.8 Å². The van der Waals surface area contributed by atoms with Gasteiger partial charge in [0.05, 0.1) is 6.42 Å². The van der Waals surface area contributed by atoms with Crippen LogP contribution in [0, 0.1) is 0 Å². The zero-order valence-electron chi connectivity index (χ0n) is 11.8. The number of benzene rings is 2. The smallest absolute Gasteiger partial charge is 0.312 e. The summed E-state index contributed by atoms with van der Waals surface area (Å²) < 4.78 is 6.29. The molecule has 0 bridgehead atoms. The molecule has 0 saturated heterocycles. The van der Waals surface area contributed by atoms with Crippen LogP contribution in [0.1, 0.15) is 18.9 Å². The summed E-state index contributed by atoms with van der Waals surface area (Å²) in [7, 11) is 0. The number of carbonyl (C=O) groups is 1. The van der Waals surface area contributed by atoms with Gasteiger partial charge in [0.25, 0.3) is 0 Å². The summed E-state index contributed by atoms with van der Waals surface area (Å²) >= 11 is 5.11. The van der Waals surface area contributed by atoms with Crippen LogP contribution < -0.4 is 4.74 Å². The molecule has 0 heterocycles. The van der Waals surface area contributed by atoms with Crippen LogP contribution in [0.15, 0.2) is 59.1 Å². The van der Waals surface area contributed by atoms with Crippen LogP contribution in [0.3, 0.4) is 0 Å². The largest absolute Gasteiger partial charge is 0.426 e. The Kier molecular flexibility index (Phi) is 6.33. The second-order valence-corrected chi connectivity index (χ2v) is 7.08.